The molecule has 1 saturated carbocycles. The molecule has 9 nitrogen and oxygen atoms in total. The second-order valence-electron chi connectivity index (χ2n) is 11.6. The van der Waals surface area contributed by atoms with Crippen LogP contribution >= 0.6 is 0 Å². The van der Waals surface area contributed by atoms with E-state index in [4.69, 9.17) is 19.9 Å². The van der Waals surface area contributed by atoms with Gasteiger partial charge in [-0.15, -0.1) is 0 Å². The van der Waals surface area contributed by atoms with Gasteiger partial charge in [0.05, 0.1) is 38.0 Å². The maximum absolute atomic E-state index is 14.3. The number of benzene rings is 2. The number of nitrogens with zero attached hydrogens (tertiary/aromatic N) is 3. The molecule has 2 heterocycles. The number of ether oxygens (including phenoxy) is 3. The van der Waals surface area contributed by atoms with Crippen molar-refractivity contribution in [2.45, 2.75) is 44.8 Å². The fourth-order valence-electron chi connectivity index (χ4n) is 6.15. The van der Waals surface area contributed by atoms with Crippen molar-refractivity contribution in [3.8, 4) is 5.75 Å². The van der Waals surface area contributed by atoms with Crippen LogP contribution in [0.5, 0.6) is 5.75 Å². The molecule has 5 rings (SSSR count). The maximum Gasteiger partial charge on any atom is 0.274 e. The average Bonchev–Trinajstić information content (AvgIpc) is 3.31. The number of halogens is 2. The number of nitrogens with two attached hydrogens (primary N) is 1. The van der Waals surface area contributed by atoms with Crippen LogP contribution in [0.1, 0.15) is 48.2 Å². The van der Waals surface area contributed by atoms with Crippen LogP contribution in [0.25, 0.3) is 10.9 Å². The third-order valence-corrected chi connectivity index (χ3v) is 8.68. The number of carbonyl (C=O) groups excluding carboxylic acids is 2. The Balaban J connectivity index is 1.19. The summed E-state index contributed by atoms with van der Waals surface area (Å²) in [7, 11) is 1.63. The minimum absolute atomic E-state index is 0.0611. The molecule has 1 unspecified atom stereocenters. The predicted molar refractivity (Wildman–Crippen MR) is 162 cm³/mol. The van der Waals surface area contributed by atoms with Crippen molar-refractivity contribution in [1.29, 1.82) is 0 Å². The number of rotatable bonds is 12. The van der Waals surface area contributed by atoms with E-state index in [1.807, 2.05) is 30.3 Å². The first-order valence-corrected chi connectivity index (χ1v) is 15.5. The van der Waals surface area contributed by atoms with E-state index in [1.165, 1.54) is 11.0 Å². The van der Waals surface area contributed by atoms with Gasteiger partial charge >= 0.3 is 0 Å². The van der Waals surface area contributed by atoms with Crippen molar-refractivity contribution in [1.82, 2.24) is 14.4 Å². The molecule has 238 valence electrons. The van der Waals surface area contributed by atoms with Crippen molar-refractivity contribution in [2.24, 2.45) is 18.7 Å². The highest BCUT2D eigenvalue weighted by Crippen LogP contribution is 2.35. The van der Waals surface area contributed by atoms with E-state index in [0.29, 0.717) is 56.9 Å². The van der Waals surface area contributed by atoms with Crippen LogP contribution in [-0.4, -0.2) is 84.8 Å². The molecule has 1 saturated heterocycles. The number of aryl methyl sites for hydroxylation is 1. The molecule has 0 spiro atoms. The summed E-state index contributed by atoms with van der Waals surface area (Å²) in [6.07, 6.45) is 5.35. The van der Waals surface area contributed by atoms with Gasteiger partial charge in [0.25, 0.3) is 5.91 Å². The summed E-state index contributed by atoms with van der Waals surface area (Å²) < 4.78 is 47.3. The largest absolute Gasteiger partial charge is 0.488 e. The summed E-state index contributed by atoms with van der Waals surface area (Å²) in [6.45, 7) is 2.92. The van der Waals surface area contributed by atoms with Gasteiger partial charge in [0, 0.05) is 44.7 Å². The van der Waals surface area contributed by atoms with Gasteiger partial charge in [-0.25, -0.2) is 8.78 Å². The van der Waals surface area contributed by atoms with E-state index in [9.17, 15) is 18.4 Å². The Kier molecular flexibility index (Phi) is 10.8. The Morgan fingerprint density at radius 3 is 2.25 bits per heavy atom. The van der Waals surface area contributed by atoms with Crippen molar-refractivity contribution >= 4 is 22.7 Å². The number of fused-ring (bicyclic) bond motifs is 1. The second-order valence-corrected chi connectivity index (χ2v) is 11.6. The lowest BCUT2D eigenvalue weighted by atomic mass is 9.83. The number of hydrogen-bond donors (Lipinski definition) is 1. The molecule has 11 heteroatoms. The highest BCUT2D eigenvalue weighted by Gasteiger charge is 2.34. The molecule has 0 bridgehead atoms. The summed E-state index contributed by atoms with van der Waals surface area (Å²) in [4.78, 5) is 30.3. The fourth-order valence-corrected chi connectivity index (χ4v) is 6.15. The quantitative estimate of drug-likeness (QED) is 0.307. The van der Waals surface area contributed by atoms with Gasteiger partial charge in [-0.05, 0) is 30.4 Å². The summed E-state index contributed by atoms with van der Waals surface area (Å²) in [5.41, 5.74) is 7.96. The second kappa shape index (κ2) is 15.0. The first kappa shape index (κ1) is 31.9. The fraction of sp³-hybridized carbons (Fsp3) is 0.515. The van der Waals surface area contributed by atoms with Crippen LogP contribution in [-0.2, 0) is 27.9 Å². The van der Waals surface area contributed by atoms with E-state index in [1.54, 1.807) is 16.8 Å². The van der Waals surface area contributed by atoms with E-state index >= 15 is 0 Å². The van der Waals surface area contributed by atoms with E-state index in [0.717, 1.165) is 43.4 Å². The van der Waals surface area contributed by atoms with Crippen molar-refractivity contribution < 1.29 is 32.6 Å². The Bertz CT molecular complexity index is 1420. The van der Waals surface area contributed by atoms with Crippen LogP contribution in [0.4, 0.5) is 8.78 Å². The zero-order valence-corrected chi connectivity index (χ0v) is 25.3. The molecule has 2 aromatic carbocycles. The van der Waals surface area contributed by atoms with Crippen molar-refractivity contribution in [3.63, 3.8) is 0 Å². The number of aromatic nitrogens is 1. The number of piperazine rings is 1. The van der Waals surface area contributed by atoms with Crippen LogP contribution < -0.4 is 10.5 Å². The Morgan fingerprint density at radius 2 is 1.52 bits per heavy atom. The van der Waals surface area contributed by atoms with Gasteiger partial charge in [-0.2, -0.15) is 0 Å². The highest BCUT2D eigenvalue weighted by atomic mass is 19.2. The molecule has 0 radical (unpaired) electrons. The van der Waals surface area contributed by atoms with Gasteiger partial charge in [0.2, 0.25) is 5.91 Å². The molecular weight excluding hydrogens is 570 g/mol. The molecule has 2 amide bonds. The normalized spacial score (nSPS) is 16.8. The van der Waals surface area contributed by atoms with Gasteiger partial charge in [0.15, 0.2) is 23.1 Å². The SMILES string of the molecule is Cn1c(C(=O)N2CCN(C(=O)C(N)C3CCCCC3)CC2)c(OCCOCCOCc2ccccc2)c2cc(F)c(F)cc21. The van der Waals surface area contributed by atoms with Crippen LogP contribution in [0.15, 0.2) is 42.5 Å². The topological polar surface area (TPSA) is 99.3 Å². The summed E-state index contributed by atoms with van der Waals surface area (Å²) in [5, 5.41) is 0.299. The summed E-state index contributed by atoms with van der Waals surface area (Å²) in [5.74, 6) is -2.05. The average molecular weight is 613 g/mol. The lowest BCUT2D eigenvalue weighted by Gasteiger charge is -2.37. The minimum atomic E-state index is -1.03. The maximum atomic E-state index is 14.3. The summed E-state index contributed by atoms with van der Waals surface area (Å²) in [6, 6.07) is 11.4. The van der Waals surface area contributed by atoms with Crippen LogP contribution in [0.3, 0.4) is 0 Å². The van der Waals surface area contributed by atoms with Gasteiger partial charge < -0.3 is 34.3 Å². The monoisotopic (exact) mass is 612 g/mol. The van der Waals surface area contributed by atoms with Crippen molar-refractivity contribution in [2.75, 3.05) is 52.6 Å². The smallest absolute Gasteiger partial charge is 0.274 e. The third kappa shape index (κ3) is 7.39. The predicted octanol–water partition coefficient (Wildman–Crippen LogP) is 4.26. The first-order valence-electron chi connectivity index (χ1n) is 15.5. The van der Waals surface area contributed by atoms with E-state index in [-0.39, 0.29) is 42.4 Å². The van der Waals surface area contributed by atoms with Gasteiger partial charge in [0.1, 0.15) is 6.61 Å². The molecule has 2 fully saturated rings. The van der Waals surface area contributed by atoms with Gasteiger partial charge in [-0.3, -0.25) is 9.59 Å². The Morgan fingerprint density at radius 1 is 0.886 bits per heavy atom. The Hall–Kier alpha value is -3.54. The van der Waals surface area contributed by atoms with Gasteiger partial charge in [-0.1, -0.05) is 49.6 Å². The van der Waals surface area contributed by atoms with E-state index < -0.39 is 17.7 Å². The molecule has 1 aliphatic heterocycles. The molecule has 2 aliphatic rings. The molecular formula is C33H42F2N4O5. The number of hydrogen-bond acceptors (Lipinski definition) is 6. The zero-order chi connectivity index (χ0) is 31.1. The molecule has 44 heavy (non-hydrogen) atoms. The van der Waals surface area contributed by atoms with Crippen molar-refractivity contribution in [3.05, 3.63) is 65.4 Å². The third-order valence-electron chi connectivity index (χ3n) is 8.68. The molecule has 3 aromatic rings. The standard InChI is InChI=1S/C33H42F2N4O5/c1-37-28-21-27(35)26(34)20-25(28)31(44-19-18-42-16-17-43-22-23-8-4-2-5-9-23)30(37)33(41)39-14-12-38(13-15-39)32(40)29(36)24-10-6-3-7-11-24/h2,4-5,8-9,20-21,24,29H,3,6-7,10-19,22,36H2,1H3. The summed E-state index contributed by atoms with van der Waals surface area (Å²) >= 11 is 0. The first-order chi connectivity index (χ1) is 21.3. The van der Waals surface area contributed by atoms with Crippen LogP contribution in [0.2, 0.25) is 0 Å². The zero-order valence-electron chi connectivity index (χ0n) is 25.3. The van der Waals surface area contributed by atoms with E-state index in [2.05, 4.69) is 0 Å². The van der Waals surface area contributed by atoms with Crippen LogP contribution in [0, 0.1) is 17.6 Å². The molecule has 1 aromatic heterocycles. The minimum Gasteiger partial charge on any atom is -0.488 e. The molecule has 1 aliphatic carbocycles. The highest BCUT2D eigenvalue weighted by molar-refractivity contribution is 6.04. The number of amides is 2. The number of carbonyl (C=O) groups is 2. The Labute approximate surface area is 256 Å². The lowest BCUT2D eigenvalue weighted by Crippen LogP contribution is -2.56. The molecule has 1 atom stereocenters. The molecule has 2 N–H and O–H groups in total. The lowest BCUT2D eigenvalue weighted by molar-refractivity contribution is -0.135.